The predicted molar refractivity (Wildman–Crippen MR) is 123 cm³/mol. The van der Waals surface area contributed by atoms with E-state index in [-0.39, 0.29) is 11.9 Å². The van der Waals surface area contributed by atoms with Crippen molar-refractivity contribution in [2.24, 2.45) is 0 Å². The van der Waals surface area contributed by atoms with Gasteiger partial charge >= 0.3 is 0 Å². The minimum Gasteiger partial charge on any atom is -0.493 e. The molecule has 0 spiro atoms. The molecule has 0 saturated carbocycles. The van der Waals surface area contributed by atoms with Gasteiger partial charge in [-0.3, -0.25) is 4.79 Å². The molecule has 1 atom stereocenters. The number of carbonyl (C=O) groups is 1. The number of fused-ring (bicyclic) bond motifs is 1. The first-order valence-electron chi connectivity index (χ1n) is 10.1. The number of nitrogens with one attached hydrogen (secondary N) is 1. The molecular formula is C24H25NO6S. The fourth-order valence-corrected chi connectivity index (χ4v) is 4.42. The van der Waals surface area contributed by atoms with Gasteiger partial charge in [-0.1, -0.05) is 0 Å². The van der Waals surface area contributed by atoms with Crippen LogP contribution in [0.1, 0.15) is 28.2 Å². The topological polar surface area (TPSA) is 75.3 Å². The Kier molecular flexibility index (Phi) is 6.41. The van der Waals surface area contributed by atoms with Crippen LogP contribution in [0.25, 0.3) is 10.4 Å². The SMILES string of the molecule is COc1cc(C(C)NC(=O)c2ccc(-c3ccc4c(c3)OCCO4)s2)cc(OC)c1OC. The van der Waals surface area contributed by atoms with Crippen LogP contribution >= 0.6 is 11.3 Å². The zero-order valence-electron chi connectivity index (χ0n) is 18.4. The Morgan fingerprint density at radius 2 is 1.62 bits per heavy atom. The Labute approximate surface area is 190 Å². The molecule has 0 fully saturated rings. The number of amides is 1. The van der Waals surface area contributed by atoms with Crippen LogP contribution in [0.5, 0.6) is 28.7 Å². The fourth-order valence-electron chi connectivity index (χ4n) is 3.51. The van der Waals surface area contributed by atoms with E-state index in [4.69, 9.17) is 23.7 Å². The first-order chi connectivity index (χ1) is 15.5. The van der Waals surface area contributed by atoms with Crippen molar-refractivity contribution in [1.29, 1.82) is 0 Å². The maximum absolute atomic E-state index is 12.9. The van der Waals surface area contributed by atoms with Crippen molar-refractivity contribution in [2.45, 2.75) is 13.0 Å². The molecule has 0 bridgehead atoms. The lowest BCUT2D eigenvalue weighted by atomic mass is 10.1. The number of methoxy groups -OCH3 is 3. The Morgan fingerprint density at radius 3 is 2.28 bits per heavy atom. The number of thiophene rings is 1. The average molecular weight is 456 g/mol. The number of carbonyl (C=O) groups excluding carboxylic acids is 1. The van der Waals surface area contributed by atoms with Crippen LogP contribution in [-0.2, 0) is 0 Å². The Bertz CT molecular complexity index is 1100. The third-order valence-electron chi connectivity index (χ3n) is 5.19. The molecule has 2 heterocycles. The Hall–Kier alpha value is -3.39. The average Bonchev–Trinajstić information content (AvgIpc) is 3.33. The molecule has 168 valence electrons. The second-order valence-corrected chi connectivity index (χ2v) is 8.26. The molecule has 7 nitrogen and oxygen atoms in total. The van der Waals surface area contributed by atoms with Crippen LogP contribution < -0.4 is 29.0 Å². The van der Waals surface area contributed by atoms with Crippen molar-refractivity contribution < 1.29 is 28.5 Å². The molecule has 0 radical (unpaired) electrons. The summed E-state index contributed by atoms with van der Waals surface area (Å²) in [6.45, 7) is 3.00. The number of rotatable bonds is 7. The van der Waals surface area contributed by atoms with E-state index in [1.165, 1.54) is 11.3 Å². The van der Waals surface area contributed by atoms with Crippen LogP contribution in [0.3, 0.4) is 0 Å². The van der Waals surface area contributed by atoms with E-state index in [9.17, 15) is 4.79 Å². The molecule has 0 saturated heterocycles. The molecule has 1 aliphatic rings. The minimum atomic E-state index is -0.268. The van der Waals surface area contributed by atoms with E-state index in [1.807, 2.05) is 49.4 Å². The molecule has 1 amide bonds. The van der Waals surface area contributed by atoms with E-state index >= 15 is 0 Å². The van der Waals surface area contributed by atoms with Gasteiger partial charge in [-0.05, 0) is 60.5 Å². The summed E-state index contributed by atoms with van der Waals surface area (Å²) >= 11 is 1.43. The van der Waals surface area contributed by atoms with Gasteiger partial charge < -0.3 is 29.0 Å². The molecule has 4 rings (SSSR count). The molecule has 32 heavy (non-hydrogen) atoms. The maximum Gasteiger partial charge on any atom is 0.261 e. The summed E-state index contributed by atoms with van der Waals surface area (Å²) in [6.07, 6.45) is 0. The van der Waals surface area contributed by atoms with Gasteiger partial charge in [0.2, 0.25) is 5.75 Å². The normalized spacial score (nSPS) is 13.2. The highest BCUT2D eigenvalue weighted by Crippen LogP contribution is 2.40. The standard InChI is InChI=1S/C24H25NO6S/c1-14(16-12-19(27-2)23(29-4)20(13-16)28-3)25-24(26)22-8-7-21(32-22)15-5-6-17-18(11-15)31-10-9-30-17/h5-8,11-14H,9-10H2,1-4H3,(H,25,26). The summed E-state index contributed by atoms with van der Waals surface area (Å²) in [7, 11) is 4.69. The zero-order chi connectivity index (χ0) is 22.7. The maximum atomic E-state index is 12.9. The van der Waals surface area contributed by atoms with Crippen molar-refractivity contribution >= 4 is 17.2 Å². The highest BCUT2D eigenvalue weighted by atomic mass is 32.1. The largest absolute Gasteiger partial charge is 0.493 e. The highest BCUT2D eigenvalue weighted by Gasteiger charge is 2.20. The van der Waals surface area contributed by atoms with Gasteiger partial charge in [0.25, 0.3) is 5.91 Å². The smallest absolute Gasteiger partial charge is 0.261 e. The van der Waals surface area contributed by atoms with Gasteiger partial charge in [0.15, 0.2) is 23.0 Å². The van der Waals surface area contributed by atoms with Crippen molar-refractivity contribution in [3.63, 3.8) is 0 Å². The first kappa shape index (κ1) is 21.8. The van der Waals surface area contributed by atoms with Gasteiger partial charge in [-0.25, -0.2) is 0 Å². The predicted octanol–water partition coefficient (Wildman–Crippen LogP) is 4.70. The molecule has 1 unspecified atom stereocenters. The van der Waals surface area contributed by atoms with Gasteiger partial charge in [-0.2, -0.15) is 0 Å². The van der Waals surface area contributed by atoms with E-state index < -0.39 is 0 Å². The second-order valence-electron chi connectivity index (χ2n) is 7.18. The summed E-state index contributed by atoms with van der Waals surface area (Å²) in [6, 6.07) is 13.0. The number of ether oxygens (including phenoxy) is 5. The third-order valence-corrected chi connectivity index (χ3v) is 6.32. The Morgan fingerprint density at radius 1 is 0.938 bits per heavy atom. The van der Waals surface area contributed by atoms with Crippen molar-refractivity contribution in [3.05, 3.63) is 52.9 Å². The monoisotopic (exact) mass is 455 g/mol. The summed E-state index contributed by atoms with van der Waals surface area (Å²) in [4.78, 5) is 14.5. The summed E-state index contributed by atoms with van der Waals surface area (Å²) in [5, 5.41) is 3.04. The summed E-state index contributed by atoms with van der Waals surface area (Å²) < 4.78 is 27.4. The summed E-state index contributed by atoms with van der Waals surface area (Å²) in [5.41, 5.74) is 1.83. The molecule has 2 aromatic carbocycles. The number of hydrogen-bond donors (Lipinski definition) is 1. The van der Waals surface area contributed by atoms with Crippen LogP contribution in [0.4, 0.5) is 0 Å². The lowest BCUT2D eigenvalue weighted by Gasteiger charge is -2.18. The third kappa shape index (κ3) is 4.31. The molecule has 1 aliphatic heterocycles. The molecule has 8 heteroatoms. The number of benzene rings is 2. The van der Waals surface area contributed by atoms with Crippen LogP contribution in [0.2, 0.25) is 0 Å². The fraction of sp³-hybridized carbons (Fsp3) is 0.292. The lowest BCUT2D eigenvalue weighted by molar-refractivity contribution is 0.0944. The molecule has 1 N–H and O–H groups in total. The van der Waals surface area contributed by atoms with Gasteiger partial charge in [0.1, 0.15) is 13.2 Å². The quantitative estimate of drug-likeness (QED) is 0.557. The second kappa shape index (κ2) is 9.40. The minimum absolute atomic E-state index is 0.153. The van der Waals surface area contributed by atoms with Gasteiger partial charge in [0, 0.05) is 4.88 Å². The van der Waals surface area contributed by atoms with E-state index in [0.717, 1.165) is 27.5 Å². The van der Waals surface area contributed by atoms with E-state index in [2.05, 4.69) is 5.32 Å². The van der Waals surface area contributed by atoms with Crippen LogP contribution in [0, 0.1) is 0 Å². The highest BCUT2D eigenvalue weighted by molar-refractivity contribution is 7.17. The van der Waals surface area contributed by atoms with Crippen LogP contribution in [0.15, 0.2) is 42.5 Å². The van der Waals surface area contributed by atoms with Crippen molar-refractivity contribution in [2.75, 3.05) is 34.5 Å². The van der Waals surface area contributed by atoms with Crippen molar-refractivity contribution in [3.8, 4) is 39.2 Å². The zero-order valence-corrected chi connectivity index (χ0v) is 19.2. The number of hydrogen-bond acceptors (Lipinski definition) is 7. The van der Waals surface area contributed by atoms with Gasteiger partial charge in [0.05, 0.1) is 32.2 Å². The van der Waals surface area contributed by atoms with E-state index in [1.54, 1.807) is 21.3 Å². The molecular weight excluding hydrogens is 430 g/mol. The lowest BCUT2D eigenvalue weighted by Crippen LogP contribution is -2.25. The van der Waals surface area contributed by atoms with E-state index in [0.29, 0.717) is 35.3 Å². The molecule has 1 aromatic heterocycles. The van der Waals surface area contributed by atoms with Crippen LogP contribution in [-0.4, -0.2) is 40.5 Å². The Balaban J connectivity index is 1.51. The van der Waals surface area contributed by atoms with Gasteiger partial charge in [-0.15, -0.1) is 11.3 Å². The van der Waals surface area contributed by atoms with Crippen molar-refractivity contribution in [1.82, 2.24) is 5.32 Å². The molecule has 0 aliphatic carbocycles. The summed E-state index contributed by atoms with van der Waals surface area (Å²) in [5.74, 6) is 2.91. The first-order valence-corrected chi connectivity index (χ1v) is 11.0. The molecule has 3 aromatic rings.